The predicted molar refractivity (Wildman–Crippen MR) is 172 cm³/mol. The number of nitrogens with zero attached hydrogens (tertiary/aromatic N) is 1. The molecule has 0 saturated carbocycles. The van der Waals surface area contributed by atoms with Gasteiger partial charge in [0.15, 0.2) is 0 Å². The Hall–Kier alpha value is -4.36. The minimum atomic E-state index is -0.542. The number of H-pyrrole nitrogens is 1. The fourth-order valence-corrected chi connectivity index (χ4v) is 4.76. The third-order valence-corrected chi connectivity index (χ3v) is 6.98. The number of aliphatic imine (C=N–C) groups is 1. The van der Waals surface area contributed by atoms with Gasteiger partial charge in [0.05, 0.1) is 23.6 Å². The molecule has 236 valence electrons. The number of benzene rings is 2. The minimum absolute atomic E-state index is 0. The number of amides is 3. The van der Waals surface area contributed by atoms with Crippen molar-refractivity contribution >= 4 is 35.3 Å². The topological polar surface area (TPSA) is 115 Å². The zero-order valence-corrected chi connectivity index (χ0v) is 29.1. The first-order valence-corrected chi connectivity index (χ1v) is 14.3. The standard InChI is InChI=1S/C33H31FN5O3.C2H6.W/c1-6-7-8-15-35-19(2)16-30(40)39-31-20(3)29(36-22(31)5)18-27-26-17-24(11-14-28(26)38-33(27)42)32(41)37-21(4)23-9-12-25(34)13-10-23;1-2;/h1,6-14,17,21,27,36H,18H2,2-5H3,(H,37,41)(H,38,42)(H,39,40);1-2H3;/q-3;;/b8-7-;;. The second-order valence-corrected chi connectivity index (χ2v) is 9.98. The van der Waals surface area contributed by atoms with E-state index in [0.29, 0.717) is 34.6 Å². The maximum Gasteiger partial charge on any atom is 0.251 e. The fraction of sp³-hybridized carbons (Fsp3) is 0.257. The van der Waals surface area contributed by atoms with Crippen molar-refractivity contribution in [3.05, 3.63) is 119 Å². The summed E-state index contributed by atoms with van der Waals surface area (Å²) in [6.07, 6.45) is 10.0. The zero-order valence-electron chi connectivity index (χ0n) is 26.2. The quantitative estimate of drug-likeness (QED) is 0.0795. The summed E-state index contributed by atoms with van der Waals surface area (Å²) < 4.78 is 13.3. The van der Waals surface area contributed by atoms with Gasteiger partial charge >= 0.3 is 0 Å². The summed E-state index contributed by atoms with van der Waals surface area (Å²) in [6, 6.07) is 10.7. The number of carbonyl (C=O) groups is 3. The molecule has 0 spiro atoms. The smallest absolute Gasteiger partial charge is 0.251 e. The van der Waals surface area contributed by atoms with Gasteiger partial charge in [0, 0.05) is 50.1 Å². The van der Waals surface area contributed by atoms with Crippen LogP contribution in [-0.4, -0.2) is 28.9 Å². The summed E-state index contributed by atoms with van der Waals surface area (Å²) in [5.41, 5.74) is 5.78. The van der Waals surface area contributed by atoms with Gasteiger partial charge in [0.1, 0.15) is 5.82 Å². The van der Waals surface area contributed by atoms with E-state index in [1.54, 1.807) is 43.3 Å². The Morgan fingerprint density at radius 3 is 2.51 bits per heavy atom. The Bertz CT molecular complexity index is 1620. The molecule has 2 aromatic carbocycles. The number of carbonyl (C=O) groups excluding carboxylic acids is 3. The molecule has 1 aliphatic rings. The molecule has 1 aromatic heterocycles. The van der Waals surface area contributed by atoms with Crippen LogP contribution in [0, 0.1) is 32.3 Å². The first kappa shape index (κ1) is 36.8. The Morgan fingerprint density at radius 1 is 1.16 bits per heavy atom. The zero-order chi connectivity index (χ0) is 32.4. The molecule has 0 fully saturated rings. The Balaban J connectivity index is 0.00000230. The number of rotatable bonds is 10. The second kappa shape index (κ2) is 17.2. The van der Waals surface area contributed by atoms with Gasteiger partial charge < -0.3 is 36.8 Å². The van der Waals surface area contributed by atoms with Crippen molar-refractivity contribution in [2.24, 2.45) is 4.99 Å². The Kier molecular flexibility index (Phi) is 14.1. The molecule has 0 aliphatic carbocycles. The van der Waals surface area contributed by atoms with Crippen molar-refractivity contribution in [2.45, 2.75) is 59.9 Å². The summed E-state index contributed by atoms with van der Waals surface area (Å²) >= 11 is 0. The van der Waals surface area contributed by atoms with E-state index >= 15 is 0 Å². The molecular formula is C35H37FN5O3W-3. The van der Waals surface area contributed by atoms with E-state index in [4.69, 9.17) is 6.58 Å². The number of anilines is 2. The van der Waals surface area contributed by atoms with Crippen LogP contribution in [0.1, 0.15) is 78.1 Å². The molecular weight excluding hydrogens is 741 g/mol. The third-order valence-electron chi connectivity index (χ3n) is 6.98. The van der Waals surface area contributed by atoms with E-state index < -0.39 is 11.8 Å². The van der Waals surface area contributed by atoms with Crippen molar-refractivity contribution in [1.29, 1.82) is 0 Å². The number of aryl methyl sites for hydroxylation is 1. The maximum absolute atomic E-state index is 13.3. The average Bonchev–Trinajstić information content (AvgIpc) is 3.45. The number of aromatic nitrogens is 1. The molecule has 4 rings (SSSR count). The molecule has 3 amide bonds. The summed E-state index contributed by atoms with van der Waals surface area (Å²) in [6.45, 7) is 16.4. The number of hydrogen-bond donors (Lipinski definition) is 4. The molecule has 0 bridgehead atoms. The Morgan fingerprint density at radius 2 is 1.84 bits per heavy atom. The molecule has 4 N–H and O–H groups in total. The van der Waals surface area contributed by atoms with Gasteiger partial charge in [-0.15, -0.1) is 6.92 Å². The van der Waals surface area contributed by atoms with Crippen LogP contribution in [0.3, 0.4) is 0 Å². The van der Waals surface area contributed by atoms with Gasteiger partial charge in [-0.1, -0.05) is 32.2 Å². The van der Waals surface area contributed by atoms with Crippen LogP contribution in [0.25, 0.3) is 0 Å². The largest absolute Gasteiger partial charge is 0.453 e. The number of halogens is 1. The fourth-order valence-electron chi connectivity index (χ4n) is 4.76. The molecule has 10 heteroatoms. The van der Waals surface area contributed by atoms with Crippen molar-refractivity contribution in [3.8, 4) is 0 Å². The first-order valence-electron chi connectivity index (χ1n) is 14.3. The van der Waals surface area contributed by atoms with Gasteiger partial charge in [-0.25, -0.2) is 16.2 Å². The maximum atomic E-state index is 13.3. The molecule has 0 saturated heterocycles. The third kappa shape index (κ3) is 9.56. The van der Waals surface area contributed by atoms with Crippen molar-refractivity contribution in [3.63, 3.8) is 0 Å². The Labute approximate surface area is 278 Å². The summed E-state index contributed by atoms with van der Waals surface area (Å²) in [7, 11) is 0. The van der Waals surface area contributed by atoms with E-state index in [1.807, 2.05) is 34.6 Å². The minimum Gasteiger partial charge on any atom is -0.453 e. The van der Waals surface area contributed by atoms with E-state index in [9.17, 15) is 18.8 Å². The molecule has 45 heavy (non-hydrogen) atoms. The summed E-state index contributed by atoms with van der Waals surface area (Å²) in [4.78, 5) is 45.8. The first-order chi connectivity index (χ1) is 21.1. The van der Waals surface area contributed by atoms with E-state index in [-0.39, 0.29) is 44.7 Å². The molecule has 2 unspecified atom stereocenters. The normalized spacial score (nSPS) is 14.6. The van der Waals surface area contributed by atoms with Crippen LogP contribution in [0.2, 0.25) is 0 Å². The molecule has 8 nitrogen and oxygen atoms in total. The van der Waals surface area contributed by atoms with Gasteiger partial charge in [-0.3, -0.25) is 16.2 Å². The SMILES string of the molecule is CC.[CH-]=C/C=C\[C-]=NC(C)=[C-]C(=O)Nc1c(C)[nH]c(CC2C(=O)Nc3ccc(C(=O)NC(C)c4ccc(F)cc4)cc32)c1C.[W]. The van der Waals surface area contributed by atoms with Gasteiger partial charge in [-0.2, -0.15) is 12.2 Å². The second-order valence-electron chi connectivity index (χ2n) is 9.98. The number of aromatic amines is 1. The van der Waals surface area contributed by atoms with Crippen LogP contribution in [0.15, 0.2) is 71.4 Å². The van der Waals surface area contributed by atoms with Gasteiger partial charge in [0.2, 0.25) is 5.91 Å². The number of fused-ring (bicyclic) bond motifs is 1. The summed E-state index contributed by atoms with van der Waals surface area (Å²) in [5, 5.41) is 8.66. The molecule has 3 aromatic rings. The van der Waals surface area contributed by atoms with Crippen LogP contribution >= 0.6 is 0 Å². The molecule has 0 radical (unpaired) electrons. The number of hydrogen-bond acceptors (Lipinski definition) is 4. The van der Waals surface area contributed by atoms with Crippen LogP contribution in [-0.2, 0) is 37.1 Å². The number of allylic oxidation sites excluding steroid dienone is 4. The predicted octanol–water partition coefficient (Wildman–Crippen LogP) is 6.70. The van der Waals surface area contributed by atoms with Crippen molar-refractivity contribution in [2.75, 3.05) is 10.6 Å². The van der Waals surface area contributed by atoms with E-state index in [2.05, 4.69) is 38.2 Å². The molecule has 2 heterocycles. The van der Waals surface area contributed by atoms with Crippen LogP contribution in [0.5, 0.6) is 0 Å². The van der Waals surface area contributed by atoms with Crippen molar-refractivity contribution < 1.29 is 39.8 Å². The molecule has 1 aliphatic heterocycles. The van der Waals surface area contributed by atoms with E-state index in [1.165, 1.54) is 24.3 Å². The average molecular weight is 779 g/mol. The number of nitrogens with one attached hydrogen (secondary N) is 4. The van der Waals surface area contributed by atoms with Gasteiger partial charge in [0.25, 0.3) is 5.91 Å². The monoisotopic (exact) mass is 778 g/mol. The van der Waals surface area contributed by atoms with E-state index in [0.717, 1.165) is 22.5 Å². The van der Waals surface area contributed by atoms with Crippen LogP contribution < -0.4 is 16.0 Å². The molecule has 2 atom stereocenters. The van der Waals surface area contributed by atoms with Crippen LogP contribution in [0.4, 0.5) is 15.8 Å². The van der Waals surface area contributed by atoms with Crippen molar-refractivity contribution in [1.82, 2.24) is 10.3 Å². The van der Waals surface area contributed by atoms with Gasteiger partial charge in [-0.05, 0) is 67.8 Å². The summed E-state index contributed by atoms with van der Waals surface area (Å²) in [5.74, 6) is -1.85.